The molecular weight excluding hydrogens is 369 g/mol. The zero-order valence-corrected chi connectivity index (χ0v) is 14.2. The fraction of sp³-hybridized carbons (Fsp3) is 0.176. The van der Waals surface area contributed by atoms with Crippen LogP contribution in [0, 0.1) is 0 Å². The third-order valence-corrected chi connectivity index (χ3v) is 3.63. The Morgan fingerprint density at radius 3 is 2.15 bits per heavy atom. The minimum Gasteiger partial charge on any atom is -0.493 e. The van der Waals surface area contributed by atoms with E-state index in [9.17, 15) is 27.9 Å². The third kappa shape index (κ3) is 4.05. The lowest BCUT2D eigenvalue weighted by Gasteiger charge is -2.24. The van der Waals surface area contributed by atoms with Crippen LogP contribution < -0.4 is 20.1 Å². The van der Waals surface area contributed by atoms with Gasteiger partial charge in [-0.15, -0.1) is 0 Å². The number of methoxy groups -OCH3 is 2. The summed E-state index contributed by atoms with van der Waals surface area (Å²) >= 11 is 0. The number of hydrogen-bond donors (Lipinski definition) is 2. The molecule has 144 valence electrons. The number of ether oxygens (including phenoxy) is 2. The van der Waals surface area contributed by atoms with Crippen molar-refractivity contribution in [3.05, 3.63) is 47.5 Å². The van der Waals surface area contributed by atoms with Gasteiger partial charge >= 0.3 is 18.2 Å². The van der Waals surface area contributed by atoms with Gasteiger partial charge in [0.25, 0.3) is 0 Å². The van der Waals surface area contributed by atoms with Crippen LogP contribution in [0.15, 0.2) is 36.4 Å². The van der Waals surface area contributed by atoms with Crippen LogP contribution >= 0.6 is 0 Å². The number of alkyl halides is 3. The molecule has 0 atom stereocenters. The number of carbonyl (C=O) groups excluding carboxylic acids is 1. The van der Waals surface area contributed by atoms with Gasteiger partial charge in [-0.25, -0.2) is 9.59 Å². The van der Waals surface area contributed by atoms with Crippen molar-refractivity contribution in [2.75, 3.05) is 19.1 Å². The van der Waals surface area contributed by atoms with Gasteiger partial charge in [-0.3, -0.25) is 4.90 Å². The normalized spacial score (nSPS) is 11.0. The topological polar surface area (TPSA) is 102 Å². The molecule has 0 unspecified atom stereocenters. The lowest BCUT2D eigenvalue weighted by molar-refractivity contribution is -0.137. The molecule has 0 spiro atoms. The minimum atomic E-state index is -4.66. The second kappa shape index (κ2) is 7.44. The summed E-state index contributed by atoms with van der Waals surface area (Å²) in [4.78, 5) is 24.3. The smallest absolute Gasteiger partial charge is 0.416 e. The molecule has 2 aromatic rings. The largest absolute Gasteiger partial charge is 0.493 e. The number of halogens is 3. The molecule has 2 amide bonds. The van der Waals surface area contributed by atoms with Gasteiger partial charge in [0.1, 0.15) is 0 Å². The molecule has 10 heteroatoms. The molecule has 0 aliphatic carbocycles. The van der Waals surface area contributed by atoms with Crippen LogP contribution in [0.1, 0.15) is 15.9 Å². The Morgan fingerprint density at radius 1 is 1.07 bits per heavy atom. The average Bonchev–Trinajstić information content (AvgIpc) is 2.60. The van der Waals surface area contributed by atoms with E-state index in [0.717, 1.165) is 24.3 Å². The van der Waals surface area contributed by atoms with E-state index in [0.29, 0.717) is 11.0 Å². The van der Waals surface area contributed by atoms with E-state index in [2.05, 4.69) is 0 Å². The minimum absolute atomic E-state index is 0.0621. The van der Waals surface area contributed by atoms with Crippen molar-refractivity contribution in [2.24, 2.45) is 5.73 Å². The molecule has 0 aromatic heterocycles. The van der Waals surface area contributed by atoms with Crippen LogP contribution in [0.3, 0.4) is 0 Å². The number of primary amides is 1. The number of benzene rings is 2. The summed E-state index contributed by atoms with van der Waals surface area (Å²) in [5.41, 5.74) is 3.37. The maximum atomic E-state index is 13.0. The fourth-order valence-electron chi connectivity index (χ4n) is 2.43. The highest BCUT2D eigenvalue weighted by molar-refractivity contribution is 6.06. The van der Waals surface area contributed by atoms with E-state index in [-0.39, 0.29) is 22.9 Å². The molecule has 0 bridgehead atoms. The molecule has 0 fully saturated rings. The van der Waals surface area contributed by atoms with Crippen LogP contribution in [-0.4, -0.2) is 31.3 Å². The number of hydrogen-bond acceptors (Lipinski definition) is 4. The predicted octanol–water partition coefficient (Wildman–Crippen LogP) is 3.64. The summed E-state index contributed by atoms with van der Waals surface area (Å²) in [6.45, 7) is 0. The first kappa shape index (κ1) is 19.9. The molecule has 0 aliphatic rings. The second-order valence-electron chi connectivity index (χ2n) is 5.25. The van der Waals surface area contributed by atoms with Crippen LogP contribution in [0.25, 0.3) is 0 Å². The number of rotatable bonds is 5. The van der Waals surface area contributed by atoms with Gasteiger partial charge in [0.2, 0.25) is 0 Å². The molecule has 0 heterocycles. The number of carbonyl (C=O) groups is 2. The number of nitrogens with two attached hydrogens (primary N) is 1. The molecule has 3 N–H and O–H groups in total. The second-order valence-corrected chi connectivity index (χ2v) is 5.25. The Hall–Kier alpha value is -3.43. The summed E-state index contributed by atoms with van der Waals surface area (Å²) in [7, 11) is 2.56. The molecule has 27 heavy (non-hydrogen) atoms. The number of carboxylic acid groups (broad SMARTS) is 1. The molecule has 0 saturated carbocycles. The molecule has 0 aliphatic heterocycles. The molecule has 0 radical (unpaired) electrons. The predicted molar refractivity (Wildman–Crippen MR) is 89.7 cm³/mol. The van der Waals surface area contributed by atoms with Crippen LogP contribution in [0.4, 0.5) is 29.3 Å². The Labute approximate surface area is 151 Å². The summed E-state index contributed by atoms with van der Waals surface area (Å²) in [5, 5.41) is 9.46. The highest BCUT2D eigenvalue weighted by atomic mass is 19.4. The summed E-state index contributed by atoms with van der Waals surface area (Å²) < 4.78 is 49.1. The fourth-order valence-corrected chi connectivity index (χ4v) is 2.43. The van der Waals surface area contributed by atoms with Crippen molar-refractivity contribution in [1.29, 1.82) is 0 Å². The number of nitrogens with zero attached hydrogens (tertiary/aromatic N) is 1. The monoisotopic (exact) mass is 384 g/mol. The standard InChI is InChI=1S/C17H15F3N2O5/c1-26-13-7-11(15(23)24)12(8-14(13)27-2)22(16(21)25)10-5-3-4-9(6-10)17(18,19)20/h3-8H,1-2H3,(H2,21,25)(H,23,24). The number of urea groups is 1. The summed E-state index contributed by atoms with van der Waals surface area (Å²) in [6.07, 6.45) is -4.66. The van der Waals surface area contributed by atoms with Crippen LogP contribution in [0.2, 0.25) is 0 Å². The Bertz CT molecular complexity index is 883. The highest BCUT2D eigenvalue weighted by Crippen LogP contribution is 2.39. The van der Waals surface area contributed by atoms with Crippen molar-refractivity contribution in [3.8, 4) is 11.5 Å². The zero-order valence-electron chi connectivity index (χ0n) is 14.2. The van der Waals surface area contributed by atoms with E-state index in [4.69, 9.17) is 15.2 Å². The van der Waals surface area contributed by atoms with Gasteiger partial charge in [-0.05, 0) is 18.2 Å². The van der Waals surface area contributed by atoms with E-state index in [1.54, 1.807) is 0 Å². The molecule has 0 saturated heterocycles. The van der Waals surface area contributed by atoms with Gasteiger partial charge in [0.15, 0.2) is 11.5 Å². The maximum absolute atomic E-state index is 13.0. The summed E-state index contributed by atoms with van der Waals surface area (Å²) in [6, 6.07) is 4.83. The van der Waals surface area contributed by atoms with Crippen LogP contribution in [0.5, 0.6) is 11.5 Å². The highest BCUT2D eigenvalue weighted by Gasteiger charge is 2.32. The number of aromatic carboxylic acids is 1. The van der Waals surface area contributed by atoms with Gasteiger partial charge in [-0.2, -0.15) is 13.2 Å². The van der Waals surface area contributed by atoms with Crippen molar-refractivity contribution >= 4 is 23.4 Å². The number of anilines is 2. The Morgan fingerprint density at radius 2 is 1.67 bits per heavy atom. The van der Waals surface area contributed by atoms with Crippen molar-refractivity contribution in [2.45, 2.75) is 6.18 Å². The van der Waals surface area contributed by atoms with Crippen LogP contribution in [-0.2, 0) is 6.18 Å². The lowest BCUT2D eigenvalue weighted by Crippen LogP contribution is -2.33. The molecule has 2 rings (SSSR count). The van der Waals surface area contributed by atoms with Gasteiger partial charge in [0, 0.05) is 12.1 Å². The molecule has 7 nitrogen and oxygen atoms in total. The summed E-state index contributed by atoms with van der Waals surface area (Å²) in [5.74, 6) is -1.31. The van der Waals surface area contributed by atoms with E-state index >= 15 is 0 Å². The lowest BCUT2D eigenvalue weighted by atomic mass is 10.1. The van der Waals surface area contributed by atoms with Crippen molar-refractivity contribution < 1.29 is 37.3 Å². The number of carboxylic acids is 1. The van der Waals surface area contributed by atoms with Gasteiger partial charge in [-0.1, -0.05) is 6.07 Å². The quantitative estimate of drug-likeness (QED) is 0.820. The zero-order chi connectivity index (χ0) is 20.4. The Kier molecular flexibility index (Phi) is 5.48. The average molecular weight is 384 g/mol. The maximum Gasteiger partial charge on any atom is 0.416 e. The van der Waals surface area contributed by atoms with Gasteiger partial charge < -0.3 is 20.3 Å². The first-order chi connectivity index (χ1) is 12.6. The number of amides is 2. The molecular formula is C17H15F3N2O5. The first-order valence-corrected chi connectivity index (χ1v) is 7.36. The van der Waals surface area contributed by atoms with E-state index in [1.807, 2.05) is 0 Å². The Balaban J connectivity index is 2.74. The third-order valence-electron chi connectivity index (χ3n) is 3.63. The van der Waals surface area contributed by atoms with E-state index < -0.39 is 29.3 Å². The molecule has 2 aromatic carbocycles. The van der Waals surface area contributed by atoms with E-state index in [1.165, 1.54) is 20.3 Å². The SMILES string of the molecule is COc1cc(C(=O)O)c(N(C(N)=O)c2cccc(C(F)(F)F)c2)cc1OC. The van der Waals surface area contributed by atoms with Crippen molar-refractivity contribution in [3.63, 3.8) is 0 Å². The first-order valence-electron chi connectivity index (χ1n) is 7.36. The van der Waals surface area contributed by atoms with Gasteiger partial charge in [0.05, 0.1) is 36.7 Å². The van der Waals surface area contributed by atoms with Crippen molar-refractivity contribution in [1.82, 2.24) is 0 Å².